The van der Waals surface area contributed by atoms with Gasteiger partial charge in [-0.25, -0.2) is 0 Å². The normalized spacial score (nSPS) is 13.4. The predicted octanol–water partition coefficient (Wildman–Crippen LogP) is 4.64. The Hall–Kier alpha value is -4.19. The highest BCUT2D eigenvalue weighted by atomic mass is 16.2. The van der Waals surface area contributed by atoms with Crippen LogP contribution in [0.5, 0.6) is 0 Å². The number of hydrogen-bond acceptors (Lipinski definition) is 4. The van der Waals surface area contributed by atoms with Crippen molar-refractivity contribution < 1.29 is 14.4 Å². The SMILES string of the molecule is CCc1ccc(NC2=C(c3ccc(NC(C)=O)cc3)C(=O)N(CCc3ccccc3)C2=O)cc1. The van der Waals surface area contributed by atoms with Gasteiger partial charge in [0.25, 0.3) is 11.8 Å². The van der Waals surface area contributed by atoms with E-state index in [0.29, 0.717) is 23.2 Å². The van der Waals surface area contributed by atoms with Gasteiger partial charge in [0.15, 0.2) is 0 Å². The monoisotopic (exact) mass is 453 g/mol. The molecule has 0 aromatic heterocycles. The number of carbonyl (C=O) groups excluding carboxylic acids is 3. The van der Waals surface area contributed by atoms with E-state index in [1.807, 2.05) is 54.6 Å². The summed E-state index contributed by atoms with van der Waals surface area (Å²) in [6.45, 7) is 3.80. The van der Waals surface area contributed by atoms with Gasteiger partial charge in [0, 0.05) is 24.8 Å². The smallest absolute Gasteiger partial charge is 0.278 e. The van der Waals surface area contributed by atoms with Crippen molar-refractivity contribution in [3.05, 3.63) is 101 Å². The van der Waals surface area contributed by atoms with Crippen LogP contribution in [0.15, 0.2) is 84.6 Å². The van der Waals surface area contributed by atoms with E-state index in [-0.39, 0.29) is 30.0 Å². The fourth-order valence-electron chi connectivity index (χ4n) is 3.94. The van der Waals surface area contributed by atoms with Crippen molar-refractivity contribution in [2.75, 3.05) is 17.2 Å². The molecule has 1 heterocycles. The summed E-state index contributed by atoms with van der Waals surface area (Å²) >= 11 is 0. The molecule has 6 heteroatoms. The summed E-state index contributed by atoms with van der Waals surface area (Å²) < 4.78 is 0. The summed E-state index contributed by atoms with van der Waals surface area (Å²) in [7, 11) is 0. The van der Waals surface area contributed by atoms with Gasteiger partial charge in [-0.1, -0.05) is 61.5 Å². The number of rotatable bonds is 8. The fraction of sp³-hybridized carbons (Fsp3) is 0.179. The van der Waals surface area contributed by atoms with Gasteiger partial charge in [-0.2, -0.15) is 0 Å². The summed E-state index contributed by atoms with van der Waals surface area (Å²) in [5, 5.41) is 5.91. The van der Waals surface area contributed by atoms with Crippen molar-refractivity contribution in [1.82, 2.24) is 4.90 Å². The molecule has 3 aromatic carbocycles. The van der Waals surface area contributed by atoms with Gasteiger partial charge in [-0.05, 0) is 53.8 Å². The molecule has 0 saturated carbocycles. The van der Waals surface area contributed by atoms with Crippen molar-refractivity contribution >= 4 is 34.7 Å². The van der Waals surface area contributed by atoms with Crippen molar-refractivity contribution in [3.63, 3.8) is 0 Å². The fourth-order valence-corrected chi connectivity index (χ4v) is 3.94. The lowest BCUT2D eigenvalue weighted by Gasteiger charge is -2.15. The van der Waals surface area contributed by atoms with Gasteiger partial charge < -0.3 is 10.6 Å². The predicted molar refractivity (Wildman–Crippen MR) is 134 cm³/mol. The van der Waals surface area contributed by atoms with Crippen LogP contribution in [0.4, 0.5) is 11.4 Å². The molecular weight excluding hydrogens is 426 g/mol. The largest absolute Gasteiger partial charge is 0.350 e. The van der Waals surface area contributed by atoms with Crippen molar-refractivity contribution in [1.29, 1.82) is 0 Å². The zero-order valence-electron chi connectivity index (χ0n) is 19.3. The maximum Gasteiger partial charge on any atom is 0.278 e. The zero-order valence-corrected chi connectivity index (χ0v) is 19.3. The molecule has 172 valence electrons. The maximum atomic E-state index is 13.4. The molecule has 0 aliphatic carbocycles. The van der Waals surface area contributed by atoms with Crippen LogP contribution in [0.2, 0.25) is 0 Å². The average molecular weight is 454 g/mol. The first kappa shape index (κ1) is 23.0. The molecule has 3 aromatic rings. The van der Waals surface area contributed by atoms with E-state index in [1.165, 1.54) is 17.4 Å². The Morgan fingerprint density at radius 2 is 1.44 bits per heavy atom. The molecule has 1 aliphatic heterocycles. The number of anilines is 2. The Morgan fingerprint density at radius 3 is 2.06 bits per heavy atom. The molecule has 0 bridgehead atoms. The first-order chi connectivity index (χ1) is 16.5. The van der Waals surface area contributed by atoms with Gasteiger partial charge >= 0.3 is 0 Å². The number of nitrogens with zero attached hydrogens (tertiary/aromatic N) is 1. The summed E-state index contributed by atoms with van der Waals surface area (Å²) in [5.74, 6) is -0.855. The highest BCUT2D eigenvalue weighted by Crippen LogP contribution is 2.31. The zero-order chi connectivity index (χ0) is 24.1. The van der Waals surface area contributed by atoms with E-state index in [9.17, 15) is 14.4 Å². The summed E-state index contributed by atoms with van der Waals surface area (Å²) in [6, 6.07) is 24.5. The Balaban J connectivity index is 1.65. The number of aryl methyl sites for hydroxylation is 1. The number of nitrogens with one attached hydrogen (secondary N) is 2. The molecule has 0 radical (unpaired) electrons. The third kappa shape index (κ3) is 5.07. The number of imide groups is 1. The molecule has 2 N–H and O–H groups in total. The molecule has 0 spiro atoms. The van der Waals surface area contributed by atoms with Crippen LogP contribution < -0.4 is 10.6 Å². The summed E-state index contributed by atoms with van der Waals surface area (Å²) in [6.07, 6.45) is 1.49. The van der Waals surface area contributed by atoms with E-state index in [1.54, 1.807) is 24.3 Å². The Bertz CT molecular complexity index is 1230. The van der Waals surface area contributed by atoms with Crippen LogP contribution in [0.25, 0.3) is 5.57 Å². The Morgan fingerprint density at radius 1 is 0.794 bits per heavy atom. The first-order valence-corrected chi connectivity index (χ1v) is 11.3. The minimum atomic E-state index is -0.346. The van der Waals surface area contributed by atoms with E-state index in [2.05, 4.69) is 17.6 Å². The average Bonchev–Trinajstić information content (AvgIpc) is 3.08. The second kappa shape index (κ2) is 10.2. The summed E-state index contributed by atoms with van der Waals surface area (Å²) in [5.41, 5.74) is 4.81. The van der Waals surface area contributed by atoms with E-state index >= 15 is 0 Å². The lowest BCUT2D eigenvalue weighted by atomic mass is 10.0. The molecule has 0 fully saturated rings. The highest BCUT2D eigenvalue weighted by molar-refractivity contribution is 6.36. The van der Waals surface area contributed by atoms with Crippen LogP contribution in [0.1, 0.15) is 30.5 Å². The minimum Gasteiger partial charge on any atom is -0.350 e. The molecule has 1 aliphatic rings. The number of hydrogen-bond donors (Lipinski definition) is 2. The van der Waals surface area contributed by atoms with Gasteiger partial charge in [0.1, 0.15) is 5.70 Å². The Kier molecular flexibility index (Phi) is 6.87. The lowest BCUT2D eigenvalue weighted by molar-refractivity contribution is -0.136. The second-order valence-electron chi connectivity index (χ2n) is 8.18. The van der Waals surface area contributed by atoms with E-state index < -0.39 is 0 Å². The third-order valence-corrected chi connectivity index (χ3v) is 5.76. The van der Waals surface area contributed by atoms with Crippen LogP contribution in [-0.4, -0.2) is 29.2 Å². The van der Waals surface area contributed by atoms with E-state index in [4.69, 9.17) is 0 Å². The molecule has 4 rings (SSSR count). The molecule has 0 saturated heterocycles. The van der Waals surface area contributed by atoms with Gasteiger partial charge in [0.2, 0.25) is 5.91 Å². The quantitative estimate of drug-likeness (QED) is 0.487. The molecular formula is C28H27N3O3. The molecule has 3 amide bonds. The van der Waals surface area contributed by atoms with Crippen molar-refractivity contribution in [3.8, 4) is 0 Å². The van der Waals surface area contributed by atoms with Gasteiger partial charge in [0.05, 0.1) is 5.57 Å². The van der Waals surface area contributed by atoms with Gasteiger partial charge in [-0.3, -0.25) is 19.3 Å². The molecule has 34 heavy (non-hydrogen) atoms. The second-order valence-corrected chi connectivity index (χ2v) is 8.18. The summed E-state index contributed by atoms with van der Waals surface area (Å²) in [4.78, 5) is 39.5. The van der Waals surface area contributed by atoms with Crippen LogP contribution in [0, 0.1) is 0 Å². The minimum absolute atomic E-state index is 0.177. The topological polar surface area (TPSA) is 78.5 Å². The van der Waals surface area contributed by atoms with Crippen molar-refractivity contribution in [2.24, 2.45) is 0 Å². The molecule has 6 nitrogen and oxygen atoms in total. The number of benzene rings is 3. The standard InChI is InChI=1S/C28H27N3O3/c1-3-20-9-13-24(14-10-20)30-26-25(22-11-15-23(16-12-22)29-19(2)32)27(33)31(28(26)34)18-17-21-7-5-4-6-8-21/h4-16,30H,3,17-18H2,1-2H3,(H,29,32). The molecule has 0 unspecified atom stereocenters. The van der Waals surface area contributed by atoms with Crippen LogP contribution >= 0.6 is 0 Å². The number of amides is 3. The number of carbonyl (C=O) groups is 3. The highest BCUT2D eigenvalue weighted by Gasteiger charge is 2.38. The molecule has 0 atom stereocenters. The first-order valence-electron chi connectivity index (χ1n) is 11.3. The third-order valence-electron chi connectivity index (χ3n) is 5.76. The van der Waals surface area contributed by atoms with Gasteiger partial charge in [-0.15, -0.1) is 0 Å². The van der Waals surface area contributed by atoms with E-state index in [0.717, 1.165) is 17.7 Å². The van der Waals surface area contributed by atoms with Crippen LogP contribution in [-0.2, 0) is 27.2 Å². The maximum absolute atomic E-state index is 13.4. The Labute approximate surface area is 199 Å². The van der Waals surface area contributed by atoms with Crippen LogP contribution in [0.3, 0.4) is 0 Å². The lowest BCUT2D eigenvalue weighted by Crippen LogP contribution is -2.34. The van der Waals surface area contributed by atoms with Crippen molar-refractivity contribution in [2.45, 2.75) is 26.7 Å².